The number of benzene rings is 1. The number of alkyl halides is 6. The van der Waals surface area contributed by atoms with Crippen molar-refractivity contribution < 1.29 is 31.1 Å². The van der Waals surface area contributed by atoms with Crippen LogP contribution in [-0.2, 0) is 5.41 Å². The van der Waals surface area contributed by atoms with Crippen molar-refractivity contribution in [2.45, 2.75) is 43.5 Å². The minimum absolute atomic E-state index is 0.144. The molecule has 1 fully saturated rings. The number of halogens is 7. The average Bonchev–Trinajstić information content (AvgIpc) is 2.90. The first-order chi connectivity index (χ1) is 10.5. The highest BCUT2D eigenvalue weighted by molar-refractivity contribution is 6.67. The lowest BCUT2D eigenvalue weighted by Gasteiger charge is -2.42. The molecule has 0 heterocycles. The largest absolute Gasteiger partial charge is 0.407 e. The Morgan fingerprint density at radius 3 is 1.70 bits per heavy atom. The lowest BCUT2D eigenvalue weighted by molar-refractivity contribution is -0.318. The van der Waals surface area contributed by atoms with Crippen LogP contribution in [0.2, 0.25) is 0 Å². The maximum Gasteiger partial charge on any atom is 0.407 e. The van der Waals surface area contributed by atoms with Crippen molar-refractivity contribution in [1.29, 1.82) is 0 Å². The SMILES string of the molecule is O=C(Cl)c1ccc(C(C2CCCC2)(C(F)(F)F)C(F)(F)F)cc1. The first-order valence-corrected chi connectivity index (χ1v) is 7.33. The van der Waals surface area contributed by atoms with Crippen molar-refractivity contribution in [2.75, 3.05) is 0 Å². The fourth-order valence-electron chi connectivity index (χ4n) is 3.41. The fourth-order valence-corrected chi connectivity index (χ4v) is 3.54. The molecule has 1 aliphatic carbocycles. The first kappa shape index (κ1) is 18.1. The predicted octanol–water partition coefficient (Wildman–Crippen LogP) is 5.62. The molecule has 0 bridgehead atoms. The lowest BCUT2D eigenvalue weighted by Crippen LogP contribution is -2.58. The molecular formula is C15H13ClF6O. The minimum atomic E-state index is -5.49. The molecule has 0 aromatic heterocycles. The number of rotatable bonds is 3. The topological polar surface area (TPSA) is 17.1 Å². The Labute approximate surface area is 133 Å². The van der Waals surface area contributed by atoms with E-state index < -0.39 is 34.5 Å². The molecule has 23 heavy (non-hydrogen) atoms. The van der Waals surface area contributed by atoms with Gasteiger partial charge in [-0.05, 0) is 48.1 Å². The molecule has 0 spiro atoms. The number of hydrogen-bond donors (Lipinski definition) is 0. The maximum absolute atomic E-state index is 13.7. The molecule has 8 heteroatoms. The summed E-state index contributed by atoms with van der Waals surface area (Å²) in [5.41, 5.74) is -4.98. The van der Waals surface area contributed by atoms with Crippen LogP contribution in [0.5, 0.6) is 0 Å². The van der Waals surface area contributed by atoms with Gasteiger partial charge in [0.05, 0.1) is 0 Å². The Kier molecular flexibility index (Phi) is 4.72. The van der Waals surface area contributed by atoms with E-state index in [1.807, 2.05) is 0 Å². The van der Waals surface area contributed by atoms with Crippen LogP contribution in [0.25, 0.3) is 0 Å². The van der Waals surface area contributed by atoms with Gasteiger partial charge in [-0.25, -0.2) is 0 Å². The van der Waals surface area contributed by atoms with Crippen molar-refractivity contribution in [3.8, 4) is 0 Å². The van der Waals surface area contributed by atoms with Crippen molar-refractivity contribution in [3.63, 3.8) is 0 Å². The van der Waals surface area contributed by atoms with Gasteiger partial charge in [0.15, 0.2) is 5.41 Å². The summed E-state index contributed by atoms with van der Waals surface area (Å²) in [6.45, 7) is 0. The Balaban J connectivity index is 2.67. The van der Waals surface area contributed by atoms with Gasteiger partial charge in [0.1, 0.15) is 0 Å². The van der Waals surface area contributed by atoms with E-state index in [4.69, 9.17) is 11.6 Å². The molecule has 128 valence electrons. The zero-order chi connectivity index (χ0) is 17.5. The summed E-state index contributed by atoms with van der Waals surface area (Å²) in [6.07, 6.45) is -10.6. The molecule has 0 atom stereocenters. The van der Waals surface area contributed by atoms with E-state index in [1.54, 1.807) is 0 Å². The summed E-state index contributed by atoms with van der Waals surface area (Å²) in [5, 5.41) is -0.943. The van der Waals surface area contributed by atoms with Crippen molar-refractivity contribution >= 4 is 16.8 Å². The van der Waals surface area contributed by atoms with Crippen LogP contribution < -0.4 is 0 Å². The van der Waals surface area contributed by atoms with Gasteiger partial charge in [-0.3, -0.25) is 4.79 Å². The summed E-state index contributed by atoms with van der Waals surface area (Å²) in [5.74, 6) is -1.57. The molecule has 1 saturated carbocycles. The van der Waals surface area contributed by atoms with Gasteiger partial charge in [0, 0.05) is 5.56 Å². The Hall–Kier alpha value is -1.24. The van der Waals surface area contributed by atoms with E-state index in [0.29, 0.717) is 25.0 Å². The molecule has 0 saturated heterocycles. The first-order valence-electron chi connectivity index (χ1n) is 6.95. The zero-order valence-electron chi connectivity index (χ0n) is 11.8. The van der Waals surface area contributed by atoms with E-state index >= 15 is 0 Å². The molecule has 1 aromatic rings. The second kappa shape index (κ2) is 6.00. The van der Waals surface area contributed by atoms with Crippen LogP contribution in [0.1, 0.15) is 41.6 Å². The fraction of sp³-hybridized carbons (Fsp3) is 0.533. The molecule has 0 unspecified atom stereocenters. The summed E-state index contributed by atoms with van der Waals surface area (Å²) >= 11 is 5.19. The van der Waals surface area contributed by atoms with Gasteiger partial charge < -0.3 is 0 Å². The normalized spacial score (nSPS) is 17.5. The summed E-state index contributed by atoms with van der Waals surface area (Å²) in [4.78, 5) is 11.0. The molecule has 0 radical (unpaired) electrons. The average molecular weight is 359 g/mol. The molecule has 1 aliphatic rings. The second-order valence-electron chi connectivity index (χ2n) is 5.64. The quantitative estimate of drug-likeness (QED) is 0.506. The van der Waals surface area contributed by atoms with Gasteiger partial charge in [-0.2, -0.15) is 26.3 Å². The molecule has 0 N–H and O–H groups in total. The van der Waals surface area contributed by atoms with Gasteiger partial charge >= 0.3 is 12.4 Å². The van der Waals surface area contributed by atoms with E-state index in [1.165, 1.54) is 0 Å². The van der Waals surface area contributed by atoms with Gasteiger partial charge in [-0.1, -0.05) is 25.0 Å². The second-order valence-corrected chi connectivity index (χ2v) is 5.98. The Bertz CT molecular complexity index is 555. The van der Waals surface area contributed by atoms with Crippen LogP contribution in [0.4, 0.5) is 26.3 Å². The van der Waals surface area contributed by atoms with Crippen LogP contribution in [0.3, 0.4) is 0 Å². The third kappa shape index (κ3) is 2.95. The highest BCUT2D eigenvalue weighted by Gasteiger charge is 2.74. The zero-order valence-corrected chi connectivity index (χ0v) is 12.5. The number of carbonyl (C=O) groups excluding carboxylic acids is 1. The summed E-state index contributed by atoms with van der Waals surface area (Å²) in [6, 6.07) is 3.20. The number of hydrogen-bond acceptors (Lipinski definition) is 1. The van der Waals surface area contributed by atoms with Crippen molar-refractivity contribution in [1.82, 2.24) is 0 Å². The molecule has 0 amide bonds. The summed E-state index contributed by atoms with van der Waals surface area (Å²) < 4.78 is 81.9. The monoisotopic (exact) mass is 358 g/mol. The Morgan fingerprint density at radius 2 is 1.35 bits per heavy atom. The van der Waals surface area contributed by atoms with Gasteiger partial charge in [-0.15, -0.1) is 0 Å². The van der Waals surface area contributed by atoms with E-state index in [0.717, 1.165) is 12.1 Å². The third-order valence-corrected chi connectivity index (χ3v) is 4.65. The standard InChI is InChI=1S/C15H13ClF6O/c16-12(23)9-5-7-11(8-6-9)13(14(17,18)19,15(20,21)22)10-3-1-2-4-10/h5-8,10H,1-4H2. The highest BCUT2D eigenvalue weighted by Crippen LogP contribution is 2.59. The third-order valence-electron chi connectivity index (χ3n) is 4.43. The molecule has 2 rings (SSSR count). The van der Waals surface area contributed by atoms with Crippen LogP contribution >= 0.6 is 11.6 Å². The smallest absolute Gasteiger partial charge is 0.276 e. The van der Waals surface area contributed by atoms with Gasteiger partial charge in [0.25, 0.3) is 5.24 Å². The molecule has 1 aromatic carbocycles. The maximum atomic E-state index is 13.7. The van der Waals surface area contributed by atoms with Crippen LogP contribution in [-0.4, -0.2) is 17.6 Å². The highest BCUT2D eigenvalue weighted by atomic mass is 35.5. The molecule has 0 aliphatic heterocycles. The van der Waals surface area contributed by atoms with E-state index in [9.17, 15) is 31.1 Å². The molecular weight excluding hydrogens is 346 g/mol. The lowest BCUT2D eigenvalue weighted by atomic mass is 9.68. The van der Waals surface area contributed by atoms with Crippen molar-refractivity contribution in [3.05, 3.63) is 35.4 Å². The minimum Gasteiger partial charge on any atom is -0.276 e. The summed E-state index contributed by atoms with van der Waals surface area (Å²) in [7, 11) is 0. The number of carbonyl (C=O) groups is 1. The van der Waals surface area contributed by atoms with Crippen LogP contribution in [0, 0.1) is 5.92 Å². The van der Waals surface area contributed by atoms with Crippen molar-refractivity contribution in [2.24, 2.45) is 5.92 Å². The van der Waals surface area contributed by atoms with Crippen LogP contribution in [0.15, 0.2) is 24.3 Å². The van der Waals surface area contributed by atoms with Gasteiger partial charge in [0.2, 0.25) is 0 Å². The Morgan fingerprint density at radius 1 is 0.913 bits per heavy atom. The predicted molar refractivity (Wildman–Crippen MR) is 72.4 cm³/mol. The van der Waals surface area contributed by atoms with E-state index in [-0.39, 0.29) is 18.4 Å². The van der Waals surface area contributed by atoms with E-state index in [2.05, 4.69) is 0 Å². The molecule has 1 nitrogen and oxygen atoms in total.